The van der Waals surface area contributed by atoms with Crippen LogP contribution in [0.2, 0.25) is 5.02 Å². The number of hydrogen-bond acceptors (Lipinski definition) is 2. The van der Waals surface area contributed by atoms with Gasteiger partial charge >= 0.3 is 0 Å². The van der Waals surface area contributed by atoms with E-state index in [9.17, 15) is 0 Å². The summed E-state index contributed by atoms with van der Waals surface area (Å²) in [5, 5.41) is 2.23. The van der Waals surface area contributed by atoms with Gasteiger partial charge in [-0.2, -0.15) is 0 Å². The van der Waals surface area contributed by atoms with Gasteiger partial charge in [0.1, 0.15) is 0 Å². The summed E-state index contributed by atoms with van der Waals surface area (Å²) in [6.07, 6.45) is 3.67. The summed E-state index contributed by atoms with van der Waals surface area (Å²) >= 11 is 8.09. The molecule has 0 spiro atoms. The maximum atomic E-state index is 6.25. The van der Waals surface area contributed by atoms with Gasteiger partial charge in [0.2, 0.25) is 0 Å². The average Bonchev–Trinajstić information content (AvgIpc) is 2.69. The highest BCUT2D eigenvalue weighted by Crippen LogP contribution is 2.43. The van der Waals surface area contributed by atoms with E-state index in [-0.39, 0.29) is 0 Å². The first kappa shape index (κ1) is 10.6. The SMILES string of the molecule is NCC1CCCc2c1sc1c(Cl)cccc21. The van der Waals surface area contributed by atoms with Gasteiger partial charge < -0.3 is 5.73 Å². The first-order chi connectivity index (χ1) is 7.81. The number of fused-ring (bicyclic) bond motifs is 3. The molecule has 3 rings (SSSR count). The molecule has 0 bridgehead atoms. The summed E-state index contributed by atoms with van der Waals surface area (Å²) < 4.78 is 1.24. The van der Waals surface area contributed by atoms with Crippen LogP contribution in [0, 0.1) is 0 Å². The zero-order chi connectivity index (χ0) is 11.1. The molecule has 0 amide bonds. The third kappa shape index (κ3) is 1.48. The van der Waals surface area contributed by atoms with Gasteiger partial charge in [0.05, 0.1) is 9.72 Å². The third-order valence-corrected chi connectivity index (χ3v) is 5.31. The maximum Gasteiger partial charge on any atom is 0.0584 e. The molecular weight excluding hydrogens is 238 g/mol. The molecule has 1 aromatic heterocycles. The third-order valence-electron chi connectivity index (χ3n) is 3.44. The van der Waals surface area contributed by atoms with Crippen LogP contribution in [0.5, 0.6) is 0 Å². The van der Waals surface area contributed by atoms with Crippen LogP contribution >= 0.6 is 22.9 Å². The smallest absolute Gasteiger partial charge is 0.0584 e. The summed E-state index contributed by atoms with van der Waals surface area (Å²) in [6, 6.07) is 6.21. The quantitative estimate of drug-likeness (QED) is 0.817. The molecule has 16 heavy (non-hydrogen) atoms. The van der Waals surface area contributed by atoms with Crippen molar-refractivity contribution in [2.75, 3.05) is 6.54 Å². The number of hydrogen-bond donors (Lipinski definition) is 1. The zero-order valence-electron chi connectivity index (χ0n) is 9.00. The molecule has 2 N–H and O–H groups in total. The molecular formula is C13H14ClNS. The van der Waals surface area contributed by atoms with Crippen molar-refractivity contribution in [1.82, 2.24) is 0 Å². The van der Waals surface area contributed by atoms with Crippen LogP contribution in [0.1, 0.15) is 29.2 Å². The van der Waals surface area contributed by atoms with Crippen LogP contribution < -0.4 is 5.73 Å². The highest BCUT2D eigenvalue weighted by atomic mass is 35.5. The molecule has 0 radical (unpaired) electrons. The van der Waals surface area contributed by atoms with Crippen molar-refractivity contribution < 1.29 is 0 Å². The van der Waals surface area contributed by atoms with Gasteiger partial charge in [0.25, 0.3) is 0 Å². The molecule has 3 heteroatoms. The minimum absolute atomic E-state index is 0.553. The first-order valence-corrected chi connectivity index (χ1v) is 6.90. The first-order valence-electron chi connectivity index (χ1n) is 5.71. The van der Waals surface area contributed by atoms with Crippen LogP contribution in [0.4, 0.5) is 0 Å². The van der Waals surface area contributed by atoms with Crippen molar-refractivity contribution in [2.24, 2.45) is 5.73 Å². The standard InChI is InChI=1S/C13H14ClNS/c14-11-6-2-5-10-9-4-1-3-8(7-15)12(9)16-13(10)11/h2,5-6,8H,1,3-4,7,15H2. The van der Waals surface area contributed by atoms with Crippen LogP contribution in [0.3, 0.4) is 0 Å². The van der Waals surface area contributed by atoms with Gasteiger partial charge in [-0.15, -0.1) is 11.3 Å². The number of nitrogens with two attached hydrogens (primary N) is 1. The Morgan fingerprint density at radius 1 is 1.44 bits per heavy atom. The fourth-order valence-electron chi connectivity index (χ4n) is 2.62. The number of benzene rings is 1. The van der Waals surface area contributed by atoms with E-state index in [1.165, 1.54) is 39.8 Å². The lowest BCUT2D eigenvalue weighted by molar-refractivity contribution is 0.573. The van der Waals surface area contributed by atoms with Crippen molar-refractivity contribution in [1.29, 1.82) is 0 Å². The second-order valence-corrected chi connectivity index (χ2v) is 5.85. The normalized spacial score (nSPS) is 20.0. The number of aryl methyl sites for hydroxylation is 1. The Bertz CT molecular complexity index is 532. The fourth-order valence-corrected chi connectivity index (χ4v) is 4.32. The summed E-state index contributed by atoms with van der Waals surface area (Å²) in [5.41, 5.74) is 7.36. The van der Waals surface area contributed by atoms with Crippen LogP contribution in [0.25, 0.3) is 10.1 Å². The molecule has 84 valence electrons. The molecule has 1 aliphatic rings. The second-order valence-electron chi connectivity index (χ2n) is 4.39. The van der Waals surface area contributed by atoms with Crippen LogP contribution in [-0.2, 0) is 6.42 Å². The van der Waals surface area contributed by atoms with Gasteiger partial charge in [-0.3, -0.25) is 0 Å². The van der Waals surface area contributed by atoms with E-state index in [1.54, 1.807) is 0 Å². The maximum absolute atomic E-state index is 6.25. The van der Waals surface area contributed by atoms with Crippen LogP contribution in [0.15, 0.2) is 18.2 Å². The average molecular weight is 252 g/mol. The number of rotatable bonds is 1. The van der Waals surface area contributed by atoms with E-state index in [0.29, 0.717) is 5.92 Å². The minimum atomic E-state index is 0.553. The molecule has 1 unspecified atom stereocenters. The van der Waals surface area contributed by atoms with Gasteiger partial charge in [-0.25, -0.2) is 0 Å². The van der Waals surface area contributed by atoms with E-state index in [0.717, 1.165) is 11.6 Å². The minimum Gasteiger partial charge on any atom is -0.330 e. The monoisotopic (exact) mass is 251 g/mol. The summed E-state index contributed by atoms with van der Waals surface area (Å²) in [7, 11) is 0. The van der Waals surface area contributed by atoms with Gasteiger partial charge in [0, 0.05) is 10.8 Å². The van der Waals surface area contributed by atoms with E-state index < -0.39 is 0 Å². The molecule has 1 nitrogen and oxygen atoms in total. The van der Waals surface area contributed by atoms with E-state index in [4.69, 9.17) is 17.3 Å². The lowest BCUT2D eigenvalue weighted by Crippen LogP contribution is -2.16. The van der Waals surface area contributed by atoms with Gasteiger partial charge in [0.15, 0.2) is 0 Å². The molecule has 1 aromatic carbocycles. The molecule has 0 saturated heterocycles. The zero-order valence-corrected chi connectivity index (χ0v) is 10.6. The Balaban J connectivity index is 2.28. The highest BCUT2D eigenvalue weighted by Gasteiger charge is 2.24. The Kier molecular flexibility index (Phi) is 2.66. The van der Waals surface area contributed by atoms with Gasteiger partial charge in [-0.05, 0) is 42.8 Å². The largest absolute Gasteiger partial charge is 0.330 e. The van der Waals surface area contributed by atoms with E-state index in [1.807, 2.05) is 23.5 Å². The lowest BCUT2D eigenvalue weighted by Gasteiger charge is -2.20. The Labute approximate surface area is 104 Å². The molecule has 0 aliphatic heterocycles. The van der Waals surface area contributed by atoms with Crippen molar-refractivity contribution in [3.05, 3.63) is 33.7 Å². The van der Waals surface area contributed by atoms with Crippen molar-refractivity contribution in [3.8, 4) is 0 Å². The van der Waals surface area contributed by atoms with Crippen molar-refractivity contribution >= 4 is 33.0 Å². The Morgan fingerprint density at radius 3 is 3.12 bits per heavy atom. The molecule has 2 aromatic rings. The van der Waals surface area contributed by atoms with Crippen molar-refractivity contribution in [3.63, 3.8) is 0 Å². The fraction of sp³-hybridized carbons (Fsp3) is 0.385. The molecule has 0 saturated carbocycles. The molecule has 1 aliphatic carbocycles. The molecule has 0 fully saturated rings. The van der Waals surface area contributed by atoms with E-state index in [2.05, 4.69) is 6.07 Å². The number of thiophene rings is 1. The molecule has 1 heterocycles. The summed E-state index contributed by atoms with van der Waals surface area (Å²) in [5.74, 6) is 0.553. The van der Waals surface area contributed by atoms with E-state index >= 15 is 0 Å². The summed E-state index contributed by atoms with van der Waals surface area (Å²) in [4.78, 5) is 1.48. The second kappa shape index (κ2) is 4.02. The summed E-state index contributed by atoms with van der Waals surface area (Å²) in [6.45, 7) is 0.761. The van der Waals surface area contributed by atoms with Crippen LogP contribution in [-0.4, -0.2) is 6.54 Å². The van der Waals surface area contributed by atoms with Crippen molar-refractivity contribution in [2.45, 2.75) is 25.2 Å². The Morgan fingerprint density at radius 2 is 2.31 bits per heavy atom. The molecule has 1 atom stereocenters. The Hall–Kier alpha value is -0.570. The highest BCUT2D eigenvalue weighted by molar-refractivity contribution is 7.20. The topological polar surface area (TPSA) is 26.0 Å². The predicted molar refractivity (Wildman–Crippen MR) is 71.6 cm³/mol. The number of halogens is 1. The lowest BCUT2D eigenvalue weighted by atomic mass is 9.88. The van der Waals surface area contributed by atoms with Gasteiger partial charge in [-0.1, -0.05) is 23.7 Å². The predicted octanol–water partition coefficient (Wildman–Crippen LogP) is 3.93.